The van der Waals surface area contributed by atoms with Crippen LogP contribution in [0.15, 0.2) is 46.2 Å². The summed E-state index contributed by atoms with van der Waals surface area (Å²) in [5.74, 6) is -1.44. The number of amides is 2. The second-order valence-electron chi connectivity index (χ2n) is 5.75. The van der Waals surface area contributed by atoms with Crippen LogP contribution in [0.3, 0.4) is 0 Å². The zero-order chi connectivity index (χ0) is 18.0. The van der Waals surface area contributed by atoms with Crippen LogP contribution in [0.5, 0.6) is 0 Å². The summed E-state index contributed by atoms with van der Waals surface area (Å²) in [4.78, 5) is 50.8. The number of rotatable bonds is 3. The van der Waals surface area contributed by atoms with Crippen molar-refractivity contribution in [2.45, 2.75) is 19.9 Å². The lowest BCUT2D eigenvalue weighted by atomic mass is 10.1. The smallest absolute Gasteiger partial charge is 0.266 e. The lowest BCUT2D eigenvalue weighted by Crippen LogP contribution is -2.46. The first-order valence-electron chi connectivity index (χ1n) is 7.45. The molecule has 2 rings (SSSR count). The maximum absolute atomic E-state index is 12.8. The zero-order valence-corrected chi connectivity index (χ0v) is 14.0. The maximum atomic E-state index is 12.8. The van der Waals surface area contributed by atoms with Crippen molar-refractivity contribution in [2.75, 3.05) is 0 Å². The van der Waals surface area contributed by atoms with Crippen LogP contribution in [-0.2, 0) is 14.1 Å². The molecule has 0 aliphatic carbocycles. The summed E-state index contributed by atoms with van der Waals surface area (Å²) < 4.78 is 2.52. The Bertz CT molecular complexity index is 837. The molecule has 0 atom stereocenters. The minimum atomic E-state index is -0.720. The number of hydrogen-bond donors (Lipinski definition) is 0. The predicted octanol–water partition coefficient (Wildman–Crippen LogP) is 0.775. The molecule has 0 aromatic carbocycles. The predicted molar refractivity (Wildman–Crippen MR) is 89.0 cm³/mol. The van der Waals surface area contributed by atoms with Gasteiger partial charge in [-0.25, -0.2) is 0 Å². The number of carbonyl (C=O) groups is 2. The van der Waals surface area contributed by atoms with E-state index in [2.05, 4.69) is 0 Å². The standard InChI is InChI=1S/C17H19N3O4/c1-11(2)20(16(23)12-7-5-9-18(3)14(12)21)17(24)13-8-6-10-19(4)15(13)22/h5-11H,1-4H3. The summed E-state index contributed by atoms with van der Waals surface area (Å²) in [6.45, 7) is 3.30. The van der Waals surface area contributed by atoms with Gasteiger partial charge in [0.15, 0.2) is 0 Å². The van der Waals surface area contributed by atoms with E-state index in [-0.39, 0.29) is 11.1 Å². The van der Waals surface area contributed by atoms with Crippen molar-refractivity contribution in [3.63, 3.8) is 0 Å². The van der Waals surface area contributed by atoms with Crippen molar-refractivity contribution in [3.8, 4) is 0 Å². The Kier molecular flexibility index (Phi) is 4.82. The minimum Gasteiger partial charge on any atom is -0.318 e. The van der Waals surface area contributed by atoms with Crippen LogP contribution in [0, 0.1) is 0 Å². The first-order chi connectivity index (χ1) is 11.3. The van der Waals surface area contributed by atoms with Gasteiger partial charge in [0, 0.05) is 32.5 Å². The van der Waals surface area contributed by atoms with Crippen LogP contribution in [-0.4, -0.2) is 31.9 Å². The van der Waals surface area contributed by atoms with E-state index in [4.69, 9.17) is 0 Å². The fourth-order valence-corrected chi connectivity index (χ4v) is 2.34. The van der Waals surface area contributed by atoms with Gasteiger partial charge in [-0.15, -0.1) is 0 Å². The highest BCUT2D eigenvalue weighted by Crippen LogP contribution is 2.10. The van der Waals surface area contributed by atoms with Gasteiger partial charge in [-0.3, -0.25) is 24.1 Å². The minimum absolute atomic E-state index is 0.116. The van der Waals surface area contributed by atoms with E-state index < -0.39 is 29.0 Å². The SMILES string of the molecule is CC(C)N(C(=O)c1cccn(C)c1=O)C(=O)c1cccn(C)c1=O. The quantitative estimate of drug-likeness (QED) is 0.779. The van der Waals surface area contributed by atoms with Gasteiger partial charge in [0.2, 0.25) is 0 Å². The van der Waals surface area contributed by atoms with E-state index in [9.17, 15) is 19.2 Å². The third-order valence-corrected chi connectivity index (χ3v) is 3.66. The van der Waals surface area contributed by atoms with Crippen molar-refractivity contribution in [2.24, 2.45) is 14.1 Å². The van der Waals surface area contributed by atoms with E-state index in [1.54, 1.807) is 26.0 Å². The fraction of sp³-hybridized carbons (Fsp3) is 0.294. The zero-order valence-electron chi connectivity index (χ0n) is 14.0. The van der Waals surface area contributed by atoms with Crippen molar-refractivity contribution >= 4 is 11.8 Å². The topological polar surface area (TPSA) is 81.4 Å². The van der Waals surface area contributed by atoms with E-state index in [0.29, 0.717) is 0 Å². The van der Waals surface area contributed by atoms with Crippen molar-refractivity contribution in [3.05, 3.63) is 68.5 Å². The van der Waals surface area contributed by atoms with Crippen LogP contribution >= 0.6 is 0 Å². The maximum Gasteiger partial charge on any atom is 0.266 e. The lowest BCUT2D eigenvalue weighted by Gasteiger charge is -2.24. The van der Waals surface area contributed by atoms with Crippen LogP contribution in [0.1, 0.15) is 34.6 Å². The molecule has 2 amide bonds. The van der Waals surface area contributed by atoms with Gasteiger partial charge in [-0.05, 0) is 38.1 Å². The van der Waals surface area contributed by atoms with Crippen molar-refractivity contribution in [1.29, 1.82) is 0 Å². The van der Waals surface area contributed by atoms with Gasteiger partial charge in [0.05, 0.1) is 0 Å². The van der Waals surface area contributed by atoms with Gasteiger partial charge in [0.1, 0.15) is 11.1 Å². The number of nitrogens with zero attached hydrogens (tertiary/aromatic N) is 3. The largest absolute Gasteiger partial charge is 0.318 e. The highest BCUT2D eigenvalue weighted by molar-refractivity contribution is 6.10. The Morgan fingerprint density at radius 2 is 1.25 bits per heavy atom. The molecule has 126 valence electrons. The molecule has 2 heterocycles. The molecule has 0 saturated heterocycles. The number of imide groups is 1. The molecule has 0 unspecified atom stereocenters. The van der Waals surface area contributed by atoms with Gasteiger partial charge in [-0.2, -0.15) is 0 Å². The van der Waals surface area contributed by atoms with E-state index in [1.165, 1.54) is 47.8 Å². The average molecular weight is 329 g/mol. The molecule has 0 N–H and O–H groups in total. The Morgan fingerprint density at radius 3 is 1.58 bits per heavy atom. The Hall–Kier alpha value is -2.96. The molecule has 0 spiro atoms. The molecule has 0 aliphatic heterocycles. The normalized spacial score (nSPS) is 10.7. The van der Waals surface area contributed by atoms with Crippen LogP contribution in [0.4, 0.5) is 0 Å². The molecule has 0 saturated carbocycles. The number of aromatic nitrogens is 2. The number of carbonyl (C=O) groups excluding carboxylic acids is 2. The van der Waals surface area contributed by atoms with Gasteiger partial charge >= 0.3 is 0 Å². The number of hydrogen-bond acceptors (Lipinski definition) is 4. The van der Waals surface area contributed by atoms with Crippen LogP contribution < -0.4 is 11.1 Å². The third-order valence-electron chi connectivity index (χ3n) is 3.66. The molecule has 0 aliphatic rings. The Labute approximate surface area is 138 Å². The molecule has 0 radical (unpaired) electrons. The number of pyridine rings is 2. The third kappa shape index (κ3) is 3.05. The van der Waals surface area contributed by atoms with Crippen LogP contribution in [0.2, 0.25) is 0 Å². The molecule has 2 aromatic heterocycles. The summed E-state index contributed by atoms with van der Waals surface area (Å²) in [7, 11) is 3.04. The first-order valence-corrected chi connectivity index (χ1v) is 7.45. The van der Waals surface area contributed by atoms with Crippen LogP contribution in [0.25, 0.3) is 0 Å². The molecule has 0 fully saturated rings. The van der Waals surface area contributed by atoms with Crippen molar-refractivity contribution in [1.82, 2.24) is 14.0 Å². The molecule has 7 nitrogen and oxygen atoms in total. The first kappa shape index (κ1) is 17.4. The van der Waals surface area contributed by atoms with E-state index in [1.807, 2.05) is 0 Å². The second-order valence-corrected chi connectivity index (χ2v) is 5.75. The Morgan fingerprint density at radius 1 is 0.875 bits per heavy atom. The molecular formula is C17H19N3O4. The van der Waals surface area contributed by atoms with E-state index in [0.717, 1.165) is 4.90 Å². The fourth-order valence-electron chi connectivity index (χ4n) is 2.34. The highest BCUT2D eigenvalue weighted by atomic mass is 16.2. The summed E-state index contributed by atoms with van der Waals surface area (Å²) in [5, 5.41) is 0. The molecule has 2 aromatic rings. The van der Waals surface area contributed by atoms with Gasteiger partial charge in [0.25, 0.3) is 22.9 Å². The molecule has 24 heavy (non-hydrogen) atoms. The molecular weight excluding hydrogens is 310 g/mol. The summed E-state index contributed by atoms with van der Waals surface area (Å²) in [6, 6.07) is 5.34. The molecule has 0 bridgehead atoms. The summed E-state index contributed by atoms with van der Waals surface area (Å²) in [6.07, 6.45) is 3.04. The average Bonchev–Trinajstić information content (AvgIpc) is 2.52. The Balaban J connectivity index is 2.54. The second kappa shape index (κ2) is 6.66. The summed E-state index contributed by atoms with van der Waals surface area (Å²) in [5.41, 5.74) is -1.23. The molecule has 7 heteroatoms. The van der Waals surface area contributed by atoms with Crippen molar-refractivity contribution < 1.29 is 9.59 Å². The van der Waals surface area contributed by atoms with Gasteiger partial charge < -0.3 is 9.13 Å². The lowest BCUT2D eigenvalue weighted by molar-refractivity contribution is 0.0567. The van der Waals surface area contributed by atoms with Gasteiger partial charge in [-0.1, -0.05) is 0 Å². The summed E-state index contributed by atoms with van der Waals surface area (Å²) >= 11 is 0. The highest BCUT2D eigenvalue weighted by Gasteiger charge is 2.30. The number of aryl methyl sites for hydroxylation is 2. The van der Waals surface area contributed by atoms with E-state index >= 15 is 0 Å². The monoisotopic (exact) mass is 329 g/mol.